The number of nitrogens with zero attached hydrogens (tertiary/aromatic N) is 3. The number of hydrogen-bond donors (Lipinski definition) is 2. The molecule has 1 aliphatic rings. The average Bonchev–Trinajstić information content (AvgIpc) is 2.51. The number of ether oxygens (including phenoxy) is 1. The molecule has 1 saturated heterocycles. The monoisotopic (exact) mass is 271 g/mol. The van der Waals surface area contributed by atoms with E-state index in [1.54, 1.807) is 24.7 Å². The first-order valence-corrected chi connectivity index (χ1v) is 6.70. The molecule has 0 saturated carbocycles. The lowest BCUT2D eigenvalue weighted by Gasteiger charge is -2.24. The highest BCUT2D eigenvalue weighted by atomic mass is 16.5. The summed E-state index contributed by atoms with van der Waals surface area (Å²) >= 11 is 0. The van der Waals surface area contributed by atoms with Crippen molar-refractivity contribution >= 4 is 11.5 Å². The van der Waals surface area contributed by atoms with E-state index in [-0.39, 0.29) is 0 Å². The Morgan fingerprint density at radius 2 is 1.90 bits per heavy atom. The first-order valence-electron chi connectivity index (χ1n) is 6.70. The Morgan fingerprint density at radius 3 is 2.65 bits per heavy atom. The van der Waals surface area contributed by atoms with Gasteiger partial charge in [0.05, 0.1) is 17.4 Å². The van der Waals surface area contributed by atoms with Gasteiger partial charge in [0.2, 0.25) is 0 Å². The van der Waals surface area contributed by atoms with Gasteiger partial charge in [0.15, 0.2) is 5.82 Å². The molecule has 0 bridgehead atoms. The molecule has 0 atom stereocenters. The summed E-state index contributed by atoms with van der Waals surface area (Å²) in [6.45, 7) is 1.56. The number of nitrogens with one attached hydrogen (secondary N) is 1. The molecule has 3 heterocycles. The fraction of sp³-hybridized carbons (Fsp3) is 0.357. The number of aromatic nitrogens is 3. The van der Waals surface area contributed by atoms with Crippen LogP contribution in [0.4, 0.5) is 11.5 Å². The molecule has 6 heteroatoms. The molecule has 2 aromatic heterocycles. The van der Waals surface area contributed by atoms with E-state index in [1.807, 2.05) is 6.07 Å². The molecule has 0 amide bonds. The van der Waals surface area contributed by atoms with Crippen molar-refractivity contribution in [2.45, 2.75) is 18.9 Å². The van der Waals surface area contributed by atoms with Crippen molar-refractivity contribution in [2.24, 2.45) is 0 Å². The van der Waals surface area contributed by atoms with Crippen LogP contribution in [-0.4, -0.2) is 34.2 Å². The number of nitrogen functional groups attached to an aromatic ring is 1. The predicted molar refractivity (Wildman–Crippen MR) is 77.1 cm³/mol. The van der Waals surface area contributed by atoms with Gasteiger partial charge in [-0.1, -0.05) is 0 Å². The van der Waals surface area contributed by atoms with Crippen molar-refractivity contribution in [3.63, 3.8) is 0 Å². The van der Waals surface area contributed by atoms with E-state index < -0.39 is 0 Å². The van der Waals surface area contributed by atoms with Crippen molar-refractivity contribution < 1.29 is 4.74 Å². The van der Waals surface area contributed by atoms with Crippen molar-refractivity contribution in [2.75, 3.05) is 24.3 Å². The van der Waals surface area contributed by atoms with Gasteiger partial charge in [-0.3, -0.25) is 0 Å². The van der Waals surface area contributed by atoms with Gasteiger partial charge in [-0.05, 0) is 25.0 Å². The Balaban J connectivity index is 1.90. The zero-order valence-electron chi connectivity index (χ0n) is 11.1. The van der Waals surface area contributed by atoms with Crippen LogP contribution in [0.2, 0.25) is 0 Å². The van der Waals surface area contributed by atoms with Gasteiger partial charge < -0.3 is 15.8 Å². The molecule has 104 valence electrons. The standard InChI is InChI=1S/C14H17N5O/c15-10-8-12(13-16-4-1-5-17-13)14(18-9-10)19-11-2-6-20-7-3-11/h1,4-5,8-9,11H,2-3,6-7,15H2,(H,18,19). The van der Waals surface area contributed by atoms with Crippen LogP contribution in [0.5, 0.6) is 0 Å². The molecule has 0 aliphatic carbocycles. The molecule has 3 N–H and O–H groups in total. The summed E-state index contributed by atoms with van der Waals surface area (Å²) in [7, 11) is 0. The van der Waals surface area contributed by atoms with Gasteiger partial charge in [-0.15, -0.1) is 0 Å². The third kappa shape index (κ3) is 2.85. The first-order chi connectivity index (χ1) is 9.83. The van der Waals surface area contributed by atoms with E-state index in [4.69, 9.17) is 10.5 Å². The largest absolute Gasteiger partial charge is 0.397 e. The highest BCUT2D eigenvalue weighted by Crippen LogP contribution is 2.26. The van der Waals surface area contributed by atoms with E-state index in [0.717, 1.165) is 37.4 Å². The summed E-state index contributed by atoms with van der Waals surface area (Å²) in [5.74, 6) is 1.40. The van der Waals surface area contributed by atoms with Crippen LogP contribution in [0.15, 0.2) is 30.7 Å². The minimum atomic E-state index is 0.363. The van der Waals surface area contributed by atoms with E-state index in [9.17, 15) is 0 Å². The highest BCUT2D eigenvalue weighted by molar-refractivity contribution is 5.73. The average molecular weight is 271 g/mol. The minimum Gasteiger partial charge on any atom is -0.397 e. The van der Waals surface area contributed by atoms with Crippen LogP contribution in [0.25, 0.3) is 11.4 Å². The molecule has 2 aromatic rings. The van der Waals surface area contributed by atoms with Crippen molar-refractivity contribution in [1.82, 2.24) is 15.0 Å². The van der Waals surface area contributed by atoms with Gasteiger partial charge in [-0.25, -0.2) is 15.0 Å². The fourth-order valence-electron chi connectivity index (χ4n) is 2.24. The maximum Gasteiger partial charge on any atom is 0.162 e. The summed E-state index contributed by atoms with van der Waals surface area (Å²) in [6, 6.07) is 4.00. The van der Waals surface area contributed by atoms with E-state index in [2.05, 4.69) is 20.3 Å². The number of anilines is 2. The van der Waals surface area contributed by atoms with Gasteiger partial charge >= 0.3 is 0 Å². The summed E-state index contributed by atoms with van der Waals surface area (Å²) in [5.41, 5.74) is 7.26. The topological polar surface area (TPSA) is 86.0 Å². The number of rotatable bonds is 3. The quantitative estimate of drug-likeness (QED) is 0.884. The predicted octanol–water partition coefficient (Wildman–Crippen LogP) is 1.71. The SMILES string of the molecule is Nc1cnc(NC2CCOCC2)c(-c2ncccn2)c1. The maximum atomic E-state index is 5.83. The van der Waals surface area contributed by atoms with Crippen LogP contribution in [-0.2, 0) is 4.74 Å². The molecule has 0 spiro atoms. The molecule has 0 radical (unpaired) electrons. The Morgan fingerprint density at radius 1 is 1.15 bits per heavy atom. The summed E-state index contributed by atoms with van der Waals surface area (Å²) in [4.78, 5) is 12.9. The van der Waals surface area contributed by atoms with Crippen molar-refractivity contribution in [3.8, 4) is 11.4 Å². The highest BCUT2D eigenvalue weighted by Gasteiger charge is 2.17. The van der Waals surface area contributed by atoms with Crippen LogP contribution in [0.1, 0.15) is 12.8 Å². The van der Waals surface area contributed by atoms with Gasteiger partial charge in [0.25, 0.3) is 0 Å². The smallest absolute Gasteiger partial charge is 0.162 e. The zero-order chi connectivity index (χ0) is 13.8. The molecule has 3 rings (SSSR count). The Bertz CT molecular complexity index is 569. The third-order valence-electron chi connectivity index (χ3n) is 3.28. The fourth-order valence-corrected chi connectivity index (χ4v) is 2.24. The van der Waals surface area contributed by atoms with Crippen LogP contribution in [0, 0.1) is 0 Å². The maximum absolute atomic E-state index is 5.83. The lowest BCUT2D eigenvalue weighted by molar-refractivity contribution is 0.0904. The first kappa shape index (κ1) is 12.8. The zero-order valence-corrected chi connectivity index (χ0v) is 11.1. The molecular weight excluding hydrogens is 254 g/mol. The number of pyridine rings is 1. The van der Waals surface area contributed by atoms with E-state index in [1.165, 1.54) is 0 Å². The molecule has 20 heavy (non-hydrogen) atoms. The Labute approximate surface area is 117 Å². The lowest BCUT2D eigenvalue weighted by atomic mass is 10.1. The molecule has 0 unspecified atom stereocenters. The minimum absolute atomic E-state index is 0.363. The van der Waals surface area contributed by atoms with Gasteiger partial charge in [-0.2, -0.15) is 0 Å². The van der Waals surface area contributed by atoms with E-state index >= 15 is 0 Å². The molecular formula is C14H17N5O. The normalized spacial score (nSPS) is 16.0. The van der Waals surface area contributed by atoms with Crippen molar-refractivity contribution in [1.29, 1.82) is 0 Å². The summed E-state index contributed by atoms with van der Waals surface area (Å²) in [6.07, 6.45) is 7.02. The van der Waals surface area contributed by atoms with Crippen LogP contribution in [0.3, 0.4) is 0 Å². The number of nitrogens with two attached hydrogens (primary N) is 1. The van der Waals surface area contributed by atoms with Gasteiger partial charge in [0.1, 0.15) is 5.82 Å². The molecule has 1 fully saturated rings. The van der Waals surface area contributed by atoms with E-state index in [0.29, 0.717) is 17.6 Å². The second-order valence-corrected chi connectivity index (χ2v) is 4.77. The van der Waals surface area contributed by atoms with Crippen molar-refractivity contribution in [3.05, 3.63) is 30.7 Å². The molecule has 1 aliphatic heterocycles. The van der Waals surface area contributed by atoms with Crippen LogP contribution < -0.4 is 11.1 Å². The Kier molecular flexibility index (Phi) is 3.73. The van der Waals surface area contributed by atoms with Gasteiger partial charge in [0, 0.05) is 31.6 Å². The third-order valence-corrected chi connectivity index (χ3v) is 3.28. The summed E-state index contributed by atoms with van der Waals surface area (Å²) in [5, 5.41) is 3.45. The number of hydrogen-bond acceptors (Lipinski definition) is 6. The summed E-state index contributed by atoms with van der Waals surface area (Å²) < 4.78 is 5.37. The molecule has 6 nitrogen and oxygen atoms in total. The second-order valence-electron chi connectivity index (χ2n) is 4.77. The second kappa shape index (κ2) is 5.83. The Hall–Kier alpha value is -2.21. The van der Waals surface area contributed by atoms with Crippen LogP contribution >= 0.6 is 0 Å². The lowest BCUT2D eigenvalue weighted by Crippen LogP contribution is -2.28. The molecule has 0 aromatic carbocycles.